The maximum Gasteiger partial charge on any atom is 0.269 e. The number of halogens is 2. The quantitative estimate of drug-likeness (QED) is 0.460. The van der Waals surface area contributed by atoms with E-state index in [1.54, 1.807) is 43.3 Å². The molecule has 3 heterocycles. The molecule has 0 spiro atoms. The highest BCUT2D eigenvalue weighted by Gasteiger charge is 2.35. The Labute approximate surface area is 192 Å². The first-order chi connectivity index (χ1) is 15.6. The standard InChI is InChI=1S/C23H33F2N7O/c1-4-6-17-9-12-28-32(22(17)33)14-10-20(30(3)27)21(26)18-7-8-19(16(2)29-18)31-13-5-11-23(24,25)15-31/h7-9,12H,4-6,10-11,13-15,26-27H2,1-3H3/b21-20-. The molecule has 33 heavy (non-hydrogen) atoms. The van der Waals surface area contributed by atoms with Crippen LogP contribution in [0, 0.1) is 6.92 Å². The minimum absolute atomic E-state index is 0.0881. The van der Waals surface area contributed by atoms with Gasteiger partial charge < -0.3 is 15.6 Å². The lowest BCUT2D eigenvalue weighted by Gasteiger charge is -2.34. The highest BCUT2D eigenvalue weighted by molar-refractivity contribution is 5.65. The SMILES string of the molecule is CCCc1ccnn(CC/C(=C(/N)c2ccc(N3CCCC(F)(F)C3)c(C)n2)N(C)N)c1=O. The summed E-state index contributed by atoms with van der Waals surface area (Å²) in [5.41, 5.74) is 9.81. The van der Waals surface area contributed by atoms with Crippen molar-refractivity contribution in [1.82, 2.24) is 19.8 Å². The zero-order valence-electron chi connectivity index (χ0n) is 19.5. The minimum atomic E-state index is -2.70. The lowest BCUT2D eigenvalue weighted by molar-refractivity contribution is -0.0117. The van der Waals surface area contributed by atoms with Crippen molar-refractivity contribution in [1.29, 1.82) is 0 Å². The van der Waals surface area contributed by atoms with Gasteiger partial charge in [-0.2, -0.15) is 5.10 Å². The van der Waals surface area contributed by atoms with Crippen LogP contribution in [0.5, 0.6) is 0 Å². The van der Waals surface area contributed by atoms with Gasteiger partial charge in [-0.15, -0.1) is 0 Å². The van der Waals surface area contributed by atoms with Crippen LogP contribution < -0.4 is 22.0 Å². The molecule has 0 amide bonds. The van der Waals surface area contributed by atoms with E-state index < -0.39 is 5.92 Å². The van der Waals surface area contributed by atoms with Gasteiger partial charge in [0.1, 0.15) is 0 Å². The van der Waals surface area contributed by atoms with E-state index in [-0.39, 0.29) is 18.5 Å². The summed E-state index contributed by atoms with van der Waals surface area (Å²) in [6, 6.07) is 5.25. The number of aryl methyl sites for hydroxylation is 3. The van der Waals surface area contributed by atoms with Crippen molar-refractivity contribution in [3.05, 3.63) is 57.4 Å². The highest BCUT2D eigenvalue weighted by Crippen LogP contribution is 2.31. The van der Waals surface area contributed by atoms with Crippen LogP contribution >= 0.6 is 0 Å². The predicted octanol–water partition coefficient (Wildman–Crippen LogP) is 2.66. The third-order valence-corrected chi connectivity index (χ3v) is 5.87. The van der Waals surface area contributed by atoms with E-state index in [1.165, 1.54) is 9.69 Å². The van der Waals surface area contributed by atoms with Gasteiger partial charge >= 0.3 is 0 Å². The van der Waals surface area contributed by atoms with Crippen LogP contribution in [0.1, 0.15) is 49.6 Å². The van der Waals surface area contributed by atoms with Gasteiger partial charge in [0, 0.05) is 38.2 Å². The van der Waals surface area contributed by atoms with E-state index in [9.17, 15) is 13.6 Å². The lowest BCUT2D eigenvalue weighted by Crippen LogP contribution is -2.43. The molecule has 1 fully saturated rings. The molecule has 10 heteroatoms. The predicted molar refractivity (Wildman–Crippen MR) is 126 cm³/mol. The summed E-state index contributed by atoms with van der Waals surface area (Å²) in [6.07, 6.45) is 3.92. The maximum atomic E-state index is 13.9. The molecule has 1 aliphatic heterocycles. The number of hydrogen-bond acceptors (Lipinski definition) is 7. The van der Waals surface area contributed by atoms with E-state index in [1.807, 2.05) is 6.92 Å². The average molecular weight is 462 g/mol. The molecule has 0 unspecified atom stereocenters. The Morgan fingerprint density at radius 2 is 2.06 bits per heavy atom. The zero-order valence-corrected chi connectivity index (χ0v) is 19.5. The molecule has 1 saturated heterocycles. The Hall–Kier alpha value is -3.01. The first-order valence-corrected chi connectivity index (χ1v) is 11.3. The van der Waals surface area contributed by atoms with Crippen LogP contribution in [0.4, 0.5) is 14.5 Å². The number of allylic oxidation sites excluding steroid dienone is 1. The van der Waals surface area contributed by atoms with Crippen LogP contribution in [0.15, 0.2) is 34.9 Å². The summed E-state index contributed by atoms with van der Waals surface area (Å²) >= 11 is 0. The monoisotopic (exact) mass is 461 g/mol. The summed E-state index contributed by atoms with van der Waals surface area (Å²) < 4.78 is 29.1. The first-order valence-electron chi connectivity index (χ1n) is 11.3. The fourth-order valence-electron chi connectivity index (χ4n) is 4.18. The van der Waals surface area contributed by atoms with Crippen molar-refractivity contribution in [2.24, 2.45) is 11.6 Å². The Morgan fingerprint density at radius 3 is 2.70 bits per heavy atom. The maximum absolute atomic E-state index is 13.9. The first kappa shape index (κ1) is 24.6. The number of hydrogen-bond donors (Lipinski definition) is 2. The fraction of sp³-hybridized carbons (Fsp3) is 0.522. The lowest BCUT2D eigenvalue weighted by atomic mass is 10.1. The molecule has 0 bridgehead atoms. The third-order valence-electron chi connectivity index (χ3n) is 5.87. The van der Waals surface area contributed by atoms with Crippen molar-refractivity contribution in [2.75, 3.05) is 25.0 Å². The Bertz CT molecular complexity index is 1070. The summed E-state index contributed by atoms with van der Waals surface area (Å²) in [4.78, 5) is 18.8. The number of anilines is 1. The molecule has 2 aromatic rings. The normalized spacial score (nSPS) is 16.5. The fourth-order valence-corrected chi connectivity index (χ4v) is 4.18. The van der Waals surface area contributed by atoms with Crippen molar-refractivity contribution in [3.63, 3.8) is 0 Å². The van der Waals surface area contributed by atoms with E-state index in [4.69, 9.17) is 11.6 Å². The van der Waals surface area contributed by atoms with E-state index >= 15 is 0 Å². The molecule has 2 aromatic heterocycles. The second-order valence-electron chi connectivity index (χ2n) is 8.54. The number of hydrazine groups is 1. The van der Waals surface area contributed by atoms with E-state index in [0.29, 0.717) is 60.8 Å². The Balaban J connectivity index is 1.83. The van der Waals surface area contributed by atoms with Crippen molar-refractivity contribution in [2.45, 2.75) is 58.4 Å². The summed E-state index contributed by atoms with van der Waals surface area (Å²) in [5.74, 6) is 3.34. The molecule has 0 aromatic carbocycles. The second kappa shape index (κ2) is 10.3. The van der Waals surface area contributed by atoms with Gasteiger partial charge in [-0.3, -0.25) is 4.79 Å². The number of nitrogens with zero attached hydrogens (tertiary/aromatic N) is 5. The molecule has 1 aliphatic rings. The number of nitrogens with two attached hydrogens (primary N) is 2. The van der Waals surface area contributed by atoms with E-state index in [0.717, 1.165) is 12.0 Å². The topological polar surface area (TPSA) is 106 Å². The molecular weight excluding hydrogens is 428 g/mol. The van der Waals surface area contributed by atoms with Crippen molar-refractivity contribution >= 4 is 11.4 Å². The highest BCUT2D eigenvalue weighted by atomic mass is 19.3. The van der Waals surface area contributed by atoms with Gasteiger partial charge in [0.15, 0.2) is 0 Å². The zero-order chi connectivity index (χ0) is 24.2. The van der Waals surface area contributed by atoms with Gasteiger partial charge in [-0.1, -0.05) is 13.3 Å². The van der Waals surface area contributed by atoms with Gasteiger partial charge in [0.2, 0.25) is 0 Å². The number of pyridine rings is 1. The summed E-state index contributed by atoms with van der Waals surface area (Å²) in [6.45, 7) is 4.38. The molecule has 0 aliphatic carbocycles. The molecular formula is C23H33F2N7O. The molecule has 8 nitrogen and oxygen atoms in total. The van der Waals surface area contributed by atoms with Gasteiger partial charge in [-0.05, 0) is 38.0 Å². The van der Waals surface area contributed by atoms with Crippen LogP contribution in [0.2, 0.25) is 0 Å². The molecule has 180 valence electrons. The Morgan fingerprint density at radius 1 is 1.30 bits per heavy atom. The third kappa shape index (κ3) is 5.87. The van der Waals surface area contributed by atoms with E-state index in [2.05, 4.69) is 10.1 Å². The van der Waals surface area contributed by atoms with Crippen LogP contribution in [0.3, 0.4) is 0 Å². The number of rotatable bonds is 8. The Kier molecular flexibility index (Phi) is 7.68. The van der Waals surface area contributed by atoms with Crippen LogP contribution in [0.25, 0.3) is 5.70 Å². The molecule has 3 rings (SSSR count). The van der Waals surface area contributed by atoms with Gasteiger partial charge in [-0.25, -0.2) is 24.3 Å². The average Bonchev–Trinajstić information content (AvgIpc) is 2.75. The molecule has 0 atom stereocenters. The molecule has 4 N–H and O–H groups in total. The minimum Gasteiger partial charge on any atom is -0.396 e. The number of piperidine rings is 1. The van der Waals surface area contributed by atoms with Crippen LogP contribution in [-0.2, 0) is 13.0 Å². The van der Waals surface area contributed by atoms with Crippen molar-refractivity contribution in [3.8, 4) is 0 Å². The molecule has 0 saturated carbocycles. The summed E-state index contributed by atoms with van der Waals surface area (Å²) in [5, 5.41) is 5.58. The van der Waals surface area contributed by atoms with Crippen LogP contribution in [-0.4, -0.2) is 45.8 Å². The number of alkyl halides is 2. The number of aromatic nitrogens is 3. The van der Waals surface area contributed by atoms with Gasteiger partial charge in [0.05, 0.1) is 41.6 Å². The summed E-state index contributed by atoms with van der Waals surface area (Å²) in [7, 11) is 1.67. The van der Waals surface area contributed by atoms with Crippen molar-refractivity contribution < 1.29 is 8.78 Å². The van der Waals surface area contributed by atoms with Gasteiger partial charge in [0.25, 0.3) is 11.5 Å². The largest absolute Gasteiger partial charge is 0.396 e. The smallest absolute Gasteiger partial charge is 0.269 e. The second-order valence-corrected chi connectivity index (χ2v) is 8.54. The molecule has 0 radical (unpaired) electrons.